The largest absolute Gasteiger partial charge is 0.327 e. The van der Waals surface area contributed by atoms with Crippen molar-refractivity contribution in [1.29, 1.82) is 0 Å². The van der Waals surface area contributed by atoms with E-state index in [4.69, 9.17) is 11.6 Å². The van der Waals surface area contributed by atoms with Crippen LogP contribution in [0.5, 0.6) is 0 Å². The van der Waals surface area contributed by atoms with Gasteiger partial charge in [-0.15, -0.1) is 11.6 Å². The summed E-state index contributed by atoms with van der Waals surface area (Å²) in [4.78, 5) is 4.62. The molecule has 3 heteroatoms. The Morgan fingerprint density at radius 3 is 2.94 bits per heavy atom. The molecule has 2 aromatic rings. The lowest BCUT2D eigenvalue weighted by atomic mass is 10.2. The fourth-order valence-electron chi connectivity index (χ4n) is 2.36. The maximum atomic E-state index is 5.99. The van der Waals surface area contributed by atoms with E-state index in [2.05, 4.69) is 34.7 Å². The van der Waals surface area contributed by atoms with E-state index in [0.717, 1.165) is 23.8 Å². The summed E-state index contributed by atoms with van der Waals surface area (Å²) < 4.78 is 2.29. The zero-order chi connectivity index (χ0) is 11.8. The van der Waals surface area contributed by atoms with Gasteiger partial charge in [0.1, 0.15) is 5.82 Å². The van der Waals surface area contributed by atoms with E-state index in [0.29, 0.717) is 5.88 Å². The van der Waals surface area contributed by atoms with Gasteiger partial charge in [0.05, 0.1) is 16.9 Å². The predicted molar refractivity (Wildman–Crippen MR) is 71.4 cm³/mol. The fraction of sp³-hybridized carbons (Fsp3) is 0.500. The quantitative estimate of drug-likeness (QED) is 0.751. The minimum absolute atomic E-state index is 0.498. The summed E-state index contributed by atoms with van der Waals surface area (Å²) >= 11 is 5.99. The van der Waals surface area contributed by atoms with Crippen LogP contribution in [-0.2, 0) is 12.4 Å². The average Bonchev–Trinajstić information content (AvgIpc) is 3.08. The first-order valence-corrected chi connectivity index (χ1v) is 6.83. The number of hydrogen-bond donors (Lipinski definition) is 0. The maximum Gasteiger partial charge on any atom is 0.124 e. The molecule has 0 atom stereocenters. The monoisotopic (exact) mass is 248 g/mol. The molecule has 17 heavy (non-hydrogen) atoms. The molecule has 2 nitrogen and oxygen atoms in total. The van der Waals surface area contributed by atoms with Crippen LogP contribution in [0.2, 0.25) is 0 Å². The lowest BCUT2D eigenvalue weighted by molar-refractivity contribution is 0.594. The van der Waals surface area contributed by atoms with Gasteiger partial charge in [0, 0.05) is 6.54 Å². The first-order chi connectivity index (χ1) is 8.28. The minimum atomic E-state index is 0.498. The molecule has 0 radical (unpaired) electrons. The minimum Gasteiger partial charge on any atom is -0.327 e. The molecular formula is C14H17ClN2. The Morgan fingerprint density at radius 1 is 1.41 bits per heavy atom. The number of nitrogens with zero attached hydrogens (tertiary/aromatic N) is 2. The molecule has 0 amide bonds. The van der Waals surface area contributed by atoms with Crippen molar-refractivity contribution in [3.05, 3.63) is 29.6 Å². The number of benzene rings is 1. The third kappa shape index (κ3) is 2.19. The first kappa shape index (κ1) is 11.1. The number of aryl methyl sites for hydroxylation is 2. The molecule has 0 N–H and O–H groups in total. The topological polar surface area (TPSA) is 17.8 Å². The second kappa shape index (κ2) is 4.34. The molecule has 0 unspecified atom stereocenters. The highest BCUT2D eigenvalue weighted by molar-refractivity contribution is 6.16. The van der Waals surface area contributed by atoms with Crippen molar-refractivity contribution in [2.24, 2.45) is 5.92 Å². The fourth-order valence-corrected chi connectivity index (χ4v) is 2.56. The molecule has 1 aromatic heterocycles. The van der Waals surface area contributed by atoms with Gasteiger partial charge >= 0.3 is 0 Å². The standard InChI is InChI=1S/C14H17ClN2/c1-10-2-5-13-12(8-10)16-14(9-15)17(13)7-6-11-3-4-11/h2,5,8,11H,3-4,6-7,9H2,1H3. The van der Waals surface area contributed by atoms with Crippen molar-refractivity contribution in [2.75, 3.05) is 0 Å². The summed E-state index contributed by atoms with van der Waals surface area (Å²) in [6.07, 6.45) is 4.08. The van der Waals surface area contributed by atoms with Crippen LogP contribution in [0, 0.1) is 12.8 Å². The Hall–Kier alpha value is -1.02. The summed E-state index contributed by atoms with van der Waals surface area (Å²) in [6.45, 7) is 3.16. The number of halogens is 1. The van der Waals surface area contributed by atoms with Crippen molar-refractivity contribution in [3.63, 3.8) is 0 Å². The van der Waals surface area contributed by atoms with Crippen LogP contribution < -0.4 is 0 Å². The molecule has 0 saturated heterocycles. The van der Waals surface area contributed by atoms with Crippen LogP contribution in [-0.4, -0.2) is 9.55 Å². The number of aromatic nitrogens is 2. The van der Waals surface area contributed by atoms with Crippen molar-refractivity contribution >= 4 is 22.6 Å². The average molecular weight is 249 g/mol. The second-order valence-corrected chi connectivity index (χ2v) is 5.30. The van der Waals surface area contributed by atoms with Crippen molar-refractivity contribution < 1.29 is 0 Å². The molecule has 90 valence electrons. The van der Waals surface area contributed by atoms with Crippen molar-refractivity contribution in [3.8, 4) is 0 Å². The van der Waals surface area contributed by atoms with Gasteiger partial charge in [0.25, 0.3) is 0 Å². The molecule has 1 aliphatic carbocycles. The van der Waals surface area contributed by atoms with Gasteiger partial charge in [0.15, 0.2) is 0 Å². The van der Waals surface area contributed by atoms with Gasteiger partial charge in [-0.3, -0.25) is 0 Å². The van der Waals surface area contributed by atoms with Gasteiger partial charge < -0.3 is 4.57 Å². The van der Waals surface area contributed by atoms with E-state index >= 15 is 0 Å². The zero-order valence-corrected chi connectivity index (χ0v) is 10.9. The van der Waals surface area contributed by atoms with E-state index in [-0.39, 0.29) is 0 Å². The van der Waals surface area contributed by atoms with Gasteiger partial charge in [-0.2, -0.15) is 0 Å². The lowest BCUT2D eigenvalue weighted by Crippen LogP contribution is -2.03. The van der Waals surface area contributed by atoms with Crippen LogP contribution in [0.4, 0.5) is 0 Å². The summed E-state index contributed by atoms with van der Waals surface area (Å²) in [5.41, 5.74) is 3.56. The highest BCUT2D eigenvalue weighted by Gasteiger charge is 2.21. The molecule has 0 bridgehead atoms. The third-order valence-electron chi connectivity index (χ3n) is 3.56. The smallest absolute Gasteiger partial charge is 0.124 e. The summed E-state index contributed by atoms with van der Waals surface area (Å²) in [7, 11) is 0. The normalized spacial score (nSPS) is 15.6. The molecule has 1 fully saturated rings. The molecule has 1 heterocycles. The highest BCUT2D eigenvalue weighted by Crippen LogP contribution is 2.33. The molecule has 3 rings (SSSR count). The summed E-state index contributed by atoms with van der Waals surface area (Å²) in [5, 5.41) is 0. The third-order valence-corrected chi connectivity index (χ3v) is 3.80. The van der Waals surface area contributed by atoms with E-state index in [1.807, 2.05) is 0 Å². The molecule has 1 aliphatic rings. The SMILES string of the molecule is Cc1ccc2c(c1)nc(CCl)n2CCC1CC1. The van der Waals surface area contributed by atoms with E-state index in [1.165, 1.54) is 30.3 Å². The van der Waals surface area contributed by atoms with Crippen LogP contribution in [0.1, 0.15) is 30.7 Å². The van der Waals surface area contributed by atoms with Crippen LogP contribution >= 0.6 is 11.6 Å². The highest BCUT2D eigenvalue weighted by atomic mass is 35.5. The van der Waals surface area contributed by atoms with Gasteiger partial charge in [-0.05, 0) is 37.0 Å². The Morgan fingerprint density at radius 2 is 2.24 bits per heavy atom. The number of rotatable bonds is 4. The van der Waals surface area contributed by atoms with Crippen LogP contribution in [0.3, 0.4) is 0 Å². The number of imidazole rings is 1. The van der Waals surface area contributed by atoms with E-state index in [1.54, 1.807) is 0 Å². The predicted octanol–water partition coefficient (Wildman–Crippen LogP) is 3.88. The van der Waals surface area contributed by atoms with Gasteiger partial charge in [0.2, 0.25) is 0 Å². The molecule has 1 aromatic carbocycles. The summed E-state index contributed by atoms with van der Waals surface area (Å²) in [5.74, 6) is 2.45. The zero-order valence-electron chi connectivity index (χ0n) is 10.1. The summed E-state index contributed by atoms with van der Waals surface area (Å²) in [6, 6.07) is 6.45. The first-order valence-electron chi connectivity index (χ1n) is 6.29. The van der Waals surface area contributed by atoms with Crippen molar-refractivity contribution in [1.82, 2.24) is 9.55 Å². The number of hydrogen-bond acceptors (Lipinski definition) is 1. The van der Waals surface area contributed by atoms with Crippen molar-refractivity contribution in [2.45, 2.75) is 38.6 Å². The van der Waals surface area contributed by atoms with Gasteiger partial charge in [-0.1, -0.05) is 18.9 Å². The number of alkyl halides is 1. The molecule has 1 saturated carbocycles. The molecular weight excluding hydrogens is 232 g/mol. The van der Waals surface area contributed by atoms with E-state index in [9.17, 15) is 0 Å². The molecule has 0 aliphatic heterocycles. The van der Waals surface area contributed by atoms with Crippen LogP contribution in [0.25, 0.3) is 11.0 Å². The van der Waals surface area contributed by atoms with Crippen LogP contribution in [0.15, 0.2) is 18.2 Å². The van der Waals surface area contributed by atoms with Gasteiger partial charge in [-0.25, -0.2) is 4.98 Å². The second-order valence-electron chi connectivity index (χ2n) is 5.04. The Bertz CT molecular complexity index is 540. The van der Waals surface area contributed by atoms with E-state index < -0.39 is 0 Å². The Kier molecular flexibility index (Phi) is 2.83. The molecule has 0 spiro atoms. The Labute approximate surface area is 107 Å². The maximum absolute atomic E-state index is 5.99. The number of fused-ring (bicyclic) bond motifs is 1. The lowest BCUT2D eigenvalue weighted by Gasteiger charge is -2.06. The Balaban J connectivity index is 1.99.